The van der Waals surface area contributed by atoms with Crippen molar-refractivity contribution in [3.63, 3.8) is 0 Å². The maximum Gasteiger partial charge on any atom is 0.447 e. The van der Waals surface area contributed by atoms with Gasteiger partial charge in [0, 0.05) is 24.5 Å². The first-order valence-electron chi connectivity index (χ1n) is 7.22. The summed E-state index contributed by atoms with van der Waals surface area (Å²) in [5.41, 5.74) is -5.74. The fourth-order valence-corrected chi connectivity index (χ4v) is 2.78. The number of rotatable bonds is 5. The molecule has 1 aromatic heterocycles. The normalized spacial score (nSPS) is 12.1. The lowest BCUT2D eigenvalue weighted by atomic mass is 10.0. The average Bonchev–Trinajstić information content (AvgIpc) is 2.53. The summed E-state index contributed by atoms with van der Waals surface area (Å²) < 4.78 is 76.2. The van der Waals surface area contributed by atoms with Gasteiger partial charge < -0.3 is 5.32 Å². The summed E-state index contributed by atoms with van der Waals surface area (Å²) in [6.07, 6.45) is -3.53. The molecule has 0 unspecified atom stereocenters. The topological polar surface area (TPSA) is 42.0 Å². The summed E-state index contributed by atoms with van der Waals surface area (Å²) >= 11 is -0.529. The number of aromatic nitrogens is 1. The molecule has 1 aromatic carbocycles. The summed E-state index contributed by atoms with van der Waals surface area (Å²) in [5.74, 6) is -0.839. The Morgan fingerprint density at radius 1 is 1.04 bits per heavy atom. The van der Waals surface area contributed by atoms with E-state index in [9.17, 15) is 31.1 Å². The van der Waals surface area contributed by atoms with Gasteiger partial charge in [-0.2, -0.15) is 26.3 Å². The molecule has 1 heterocycles. The molecule has 0 radical (unpaired) electrons. The molecule has 10 heteroatoms. The van der Waals surface area contributed by atoms with E-state index in [1.54, 1.807) is 0 Å². The van der Waals surface area contributed by atoms with E-state index < -0.39 is 39.9 Å². The molecular formula is C16H12F6N2OS. The summed E-state index contributed by atoms with van der Waals surface area (Å²) in [5, 5.41) is 1.81. The number of amides is 1. The molecule has 0 aliphatic carbocycles. The molecule has 2 rings (SSSR count). The number of hydrogen-bond acceptors (Lipinski definition) is 3. The van der Waals surface area contributed by atoms with Crippen LogP contribution in [0.4, 0.5) is 26.3 Å². The van der Waals surface area contributed by atoms with Crippen molar-refractivity contribution in [2.45, 2.75) is 23.1 Å². The van der Waals surface area contributed by atoms with E-state index in [-0.39, 0.29) is 24.1 Å². The van der Waals surface area contributed by atoms with Gasteiger partial charge in [-0.15, -0.1) is 0 Å². The number of carbonyl (C=O) groups excluding carboxylic acids is 1. The third kappa shape index (κ3) is 5.65. The molecule has 1 amide bonds. The molecule has 0 bridgehead atoms. The smallest absolute Gasteiger partial charge is 0.352 e. The van der Waals surface area contributed by atoms with Gasteiger partial charge in [-0.25, -0.2) is 4.98 Å². The highest BCUT2D eigenvalue weighted by Crippen LogP contribution is 2.37. The van der Waals surface area contributed by atoms with E-state index in [4.69, 9.17) is 0 Å². The van der Waals surface area contributed by atoms with E-state index in [0.717, 1.165) is 12.3 Å². The van der Waals surface area contributed by atoms with Crippen molar-refractivity contribution >= 4 is 17.7 Å². The molecule has 140 valence electrons. The van der Waals surface area contributed by atoms with Gasteiger partial charge in [-0.1, -0.05) is 18.2 Å². The minimum atomic E-state index is -4.62. The minimum absolute atomic E-state index is 0.0172. The highest BCUT2D eigenvalue weighted by molar-refractivity contribution is 8.00. The van der Waals surface area contributed by atoms with Crippen molar-refractivity contribution in [1.29, 1.82) is 0 Å². The Bertz CT molecular complexity index is 776. The van der Waals surface area contributed by atoms with Crippen molar-refractivity contribution in [2.24, 2.45) is 0 Å². The van der Waals surface area contributed by atoms with Gasteiger partial charge in [0.25, 0.3) is 5.91 Å². The molecule has 2 aromatic rings. The third-order valence-corrected chi connectivity index (χ3v) is 3.98. The summed E-state index contributed by atoms with van der Waals surface area (Å²) in [7, 11) is 0. The fourth-order valence-electron chi connectivity index (χ4n) is 2.18. The van der Waals surface area contributed by atoms with E-state index in [1.165, 1.54) is 30.3 Å². The Labute approximate surface area is 148 Å². The number of nitrogens with one attached hydrogen (secondary N) is 1. The summed E-state index contributed by atoms with van der Waals surface area (Å²) in [6.45, 7) is -0.170. The van der Waals surface area contributed by atoms with Gasteiger partial charge in [0.1, 0.15) is 5.03 Å². The fraction of sp³-hybridized carbons (Fsp3) is 0.250. The largest absolute Gasteiger partial charge is 0.447 e. The van der Waals surface area contributed by atoms with Crippen molar-refractivity contribution in [3.8, 4) is 0 Å². The molecule has 0 atom stereocenters. The standard InChI is InChI=1S/C16H12F6N2OS/c17-15(18,19)12-6-2-1-4-10(12)7-9-23-13(25)11-5-3-8-24-14(11)26-16(20,21)22/h1-6,8H,7,9H2,(H,23,25). The van der Waals surface area contributed by atoms with Crippen molar-refractivity contribution in [3.05, 3.63) is 59.3 Å². The lowest BCUT2D eigenvalue weighted by Gasteiger charge is -2.13. The molecule has 1 N–H and O–H groups in total. The van der Waals surface area contributed by atoms with E-state index >= 15 is 0 Å². The predicted octanol–water partition coefficient (Wildman–Crippen LogP) is 4.68. The first-order valence-corrected chi connectivity index (χ1v) is 8.03. The first kappa shape index (κ1) is 20.1. The molecule has 0 fully saturated rings. The molecule has 26 heavy (non-hydrogen) atoms. The molecule has 0 saturated heterocycles. The SMILES string of the molecule is O=C(NCCc1ccccc1C(F)(F)F)c1cccnc1SC(F)(F)F. The van der Waals surface area contributed by atoms with E-state index in [2.05, 4.69) is 10.3 Å². The van der Waals surface area contributed by atoms with Crippen molar-refractivity contribution in [2.75, 3.05) is 6.54 Å². The Morgan fingerprint density at radius 2 is 1.73 bits per heavy atom. The quantitative estimate of drug-likeness (QED) is 0.591. The zero-order valence-electron chi connectivity index (χ0n) is 13.0. The maximum absolute atomic E-state index is 12.9. The summed E-state index contributed by atoms with van der Waals surface area (Å²) in [4.78, 5) is 15.6. The Kier molecular flexibility index (Phi) is 6.17. The lowest BCUT2D eigenvalue weighted by molar-refractivity contribution is -0.138. The van der Waals surface area contributed by atoms with Gasteiger partial charge in [0.15, 0.2) is 0 Å². The average molecular weight is 394 g/mol. The van der Waals surface area contributed by atoms with Crippen LogP contribution in [0.2, 0.25) is 0 Å². The second-order valence-electron chi connectivity index (χ2n) is 5.06. The number of halogens is 6. The maximum atomic E-state index is 12.9. The van der Waals surface area contributed by atoms with Gasteiger partial charge in [0.05, 0.1) is 11.1 Å². The minimum Gasteiger partial charge on any atom is -0.352 e. The van der Waals surface area contributed by atoms with Crippen LogP contribution in [-0.2, 0) is 12.6 Å². The van der Waals surface area contributed by atoms with Crippen LogP contribution < -0.4 is 5.32 Å². The van der Waals surface area contributed by atoms with Crippen LogP contribution in [0.5, 0.6) is 0 Å². The van der Waals surface area contributed by atoms with Crippen LogP contribution >= 0.6 is 11.8 Å². The van der Waals surface area contributed by atoms with Gasteiger partial charge >= 0.3 is 11.7 Å². The summed E-state index contributed by atoms with van der Waals surface area (Å²) in [6, 6.07) is 7.36. The molecule has 0 aliphatic rings. The molecule has 0 spiro atoms. The number of nitrogens with zero attached hydrogens (tertiary/aromatic N) is 1. The molecular weight excluding hydrogens is 382 g/mol. The highest BCUT2D eigenvalue weighted by atomic mass is 32.2. The number of alkyl halides is 6. The number of thioether (sulfide) groups is 1. The number of benzene rings is 1. The van der Waals surface area contributed by atoms with Crippen LogP contribution in [0.3, 0.4) is 0 Å². The Hall–Kier alpha value is -2.23. The van der Waals surface area contributed by atoms with Crippen LogP contribution in [0, 0.1) is 0 Å². The molecule has 0 saturated carbocycles. The highest BCUT2D eigenvalue weighted by Gasteiger charge is 2.33. The van der Waals surface area contributed by atoms with Gasteiger partial charge in [-0.05, 0) is 30.2 Å². The van der Waals surface area contributed by atoms with E-state index in [0.29, 0.717) is 0 Å². The van der Waals surface area contributed by atoms with Crippen molar-refractivity contribution < 1.29 is 31.1 Å². The van der Waals surface area contributed by atoms with Crippen LogP contribution in [0.1, 0.15) is 21.5 Å². The second kappa shape index (κ2) is 7.98. The van der Waals surface area contributed by atoms with Crippen LogP contribution in [0.15, 0.2) is 47.6 Å². The van der Waals surface area contributed by atoms with Gasteiger partial charge in [-0.3, -0.25) is 4.79 Å². The van der Waals surface area contributed by atoms with Crippen molar-refractivity contribution in [1.82, 2.24) is 10.3 Å². The molecule has 3 nitrogen and oxygen atoms in total. The van der Waals surface area contributed by atoms with E-state index in [1.807, 2.05) is 0 Å². The second-order valence-corrected chi connectivity index (χ2v) is 6.12. The van der Waals surface area contributed by atoms with Crippen LogP contribution in [0.25, 0.3) is 0 Å². The first-order chi connectivity index (χ1) is 12.1. The molecule has 0 aliphatic heterocycles. The van der Waals surface area contributed by atoms with Crippen LogP contribution in [-0.4, -0.2) is 22.9 Å². The number of pyridine rings is 1. The zero-order valence-corrected chi connectivity index (χ0v) is 13.8. The van der Waals surface area contributed by atoms with Gasteiger partial charge in [0.2, 0.25) is 0 Å². The monoisotopic (exact) mass is 394 g/mol. The number of carbonyl (C=O) groups is 1. The Morgan fingerprint density at radius 3 is 2.38 bits per heavy atom. The predicted molar refractivity (Wildman–Crippen MR) is 83.6 cm³/mol. The number of hydrogen-bond donors (Lipinski definition) is 1. The lowest BCUT2D eigenvalue weighted by Crippen LogP contribution is -2.27. The Balaban J connectivity index is 2.05. The third-order valence-electron chi connectivity index (χ3n) is 3.23. The zero-order chi connectivity index (χ0) is 19.4.